The number of carbonyl (C=O) groups is 1. The quantitative estimate of drug-likeness (QED) is 0.823. The van der Waals surface area contributed by atoms with Gasteiger partial charge < -0.3 is 15.4 Å². The maximum atomic E-state index is 13.5. The van der Waals surface area contributed by atoms with Gasteiger partial charge in [0.2, 0.25) is 5.91 Å². The Morgan fingerprint density at radius 3 is 2.76 bits per heavy atom. The molecule has 2 atom stereocenters. The highest BCUT2D eigenvalue weighted by Gasteiger charge is 2.32. The van der Waals surface area contributed by atoms with E-state index in [2.05, 4.69) is 10.6 Å². The lowest BCUT2D eigenvalue weighted by Gasteiger charge is -2.29. The molecule has 1 fully saturated rings. The SMILES string of the molecule is C[C@H]1OCCN[C@@H]1C(=O)Nc1cc(C(F)(F)F)ccc1F. The van der Waals surface area contributed by atoms with Gasteiger partial charge in [-0.25, -0.2) is 4.39 Å². The van der Waals surface area contributed by atoms with E-state index < -0.39 is 41.3 Å². The number of amides is 1. The van der Waals surface area contributed by atoms with Crippen molar-refractivity contribution >= 4 is 11.6 Å². The van der Waals surface area contributed by atoms with Gasteiger partial charge in [-0.3, -0.25) is 4.79 Å². The molecule has 0 radical (unpaired) electrons. The number of anilines is 1. The van der Waals surface area contributed by atoms with Crippen LogP contribution in [0.5, 0.6) is 0 Å². The first-order valence-electron chi connectivity index (χ1n) is 6.31. The molecule has 0 saturated carbocycles. The van der Waals surface area contributed by atoms with E-state index in [-0.39, 0.29) is 0 Å². The van der Waals surface area contributed by atoms with E-state index in [1.54, 1.807) is 6.92 Å². The van der Waals surface area contributed by atoms with Gasteiger partial charge in [-0.15, -0.1) is 0 Å². The predicted octanol–water partition coefficient (Wildman–Crippen LogP) is 2.16. The van der Waals surface area contributed by atoms with Crippen LogP contribution in [0.25, 0.3) is 0 Å². The van der Waals surface area contributed by atoms with E-state index in [1.165, 1.54) is 0 Å². The zero-order chi connectivity index (χ0) is 15.6. The molecular formula is C13H14F4N2O2. The number of benzene rings is 1. The van der Waals surface area contributed by atoms with Gasteiger partial charge in [0.15, 0.2) is 0 Å². The minimum Gasteiger partial charge on any atom is -0.375 e. The number of hydrogen-bond donors (Lipinski definition) is 2. The Balaban J connectivity index is 2.16. The Morgan fingerprint density at radius 1 is 1.43 bits per heavy atom. The molecule has 1 saturated heterocycles. The smallest absolute Gasteiger partial charge is 0.375 e. The Labute approximate surface area is 118 Å². The molecule has 1 amide bonds. The maximum Gasteiger partial charge on any atom is 0.416 e. The second-order valence-electron chi connectivity index (χ2n) is 4.69. The fourth-order valence-corrected chi connectivity index (χ4v) is 2.04. The summed E-state index contributed by atoms with van der Waals surface area (Å²) >= 11 is 0. The van der Waals surface area contributed by atoms with Gasteiger partial charge in [0.1, 0.15) is 11.9 Å². The first kappa shape index (κ1) is 15.7. The molecule has 8 heteroatoms. The average molecular weight is 306 g/mol. The van der Waals surface area contributed by atoms with Crippen molar-refractivity contribution in [2.45, 2.75) is 25.2 Å². The molecule has 1 heterocycles. The lowest BCUT2D eigenvalue weighted by Crippen LogP contribution is -2.53. The summed E-state index contributed by atoms with van der Waals surface area (Å²) in [7, 11) is 0. The van der Waals surface area contributed by atoms with E-state index in [1.807, 2.05) is 0 Å². The highest BCUT2D eigenvalue weighted by Crippen LogP contribution is 2.31. The Bertz CT molecular complexity index is 533. The summed E-state index contributed by atoms with van der Waals surface area (Å²) in [5.74, 6) is -1.57. The average Bonchev–Trinajstić information content (AvgIpc) is 2.40. The van der Waals surface area contributed by atoms with Crippen molar-refractivity contribution in [1.29, 1.82) is 0 Å². The molecule has 0 aromatic heterocycles. The van der Waals surface area contributed by atoms with Crippen LogP contribution in [0.4, 0.5) is 23.2 Å². The second-order valence-corrected chi connectivity index (χ2v) is 4.69. The van der Waals surface area contributed by atoms with Crippen molar-refractivity contribution < 1.29 is 27.1 Å². The number of rotatable bonds is 2. The molecule has 1 aromatic carbocycles. The summed E-state index contributed by atoms with van der Waals surface area (Å²) in [5.41, 5.74) is -1.53. The van der Waals surface area contributed by atoms with Gasteiger partial charge in [0, 0.05) is 6.54 Å². The molecule has 1 aromatic rings. The van der Waals surface area contributed by atoms with Crippen molar-refractivity contribution in [3.63, 3.8) is 0 Å². The molecular weight excluding hydrogens is 292 g/mol. The van der Waals surface area contributed by atoms with Gasteiger partial charge in [0.05, 0.1) is 24.0 Å². The maximum absolute atomic E-state index is 13.5. The predicted molar refractivity (Wildman–Crippen MR) is 67.2 cm³/mol. The first-order valence-corrected chi connectivity index (χ1v) is 6.31. The summed E-state index contributed by atoms with van der Waals surface area (Å²) in [4.78, 5) is 12.0. The topological polar surface area (TPSA) is 50.4 Å². The molecule has 2 N–H and O–H groups in total. The molecule has 4 nitrogen and oxygen atoms in total. The fourth-order valence-electron chi connectivity index (χ4n) is 2.04. The highest BCUT2D eigenvalue weighted by molar-refractivity contribution is 5.95. The molecule has 116 valence electrons. The van der Waals surface area contributed by atoms with Crippen LogP contribution in [-0.4, -0.2) is 31.2 Å². The van der Waals surface area contributed by atoms with Crippen LogP contribution in [0.3, 0.4) is 0 Å². The fraction of sp³-hybridized carbons (Fsp3) is 0.462. The number of morpholine rings is 1. The van der Waals surface area contributed by atoms with Crippen LogP contribution in [0, 0.1) is 5.82 Å². The number of carbonyl (C=O) groups excluding carboxylic acids is 1. The molecule has 0 spiro atoms. The van der Waals surface area contributed by atoms with Crippen molar-refractivity contribution in [1.82, 2.24) is 5.32 Å². The highest BCUT2D eigenvalue weighted by atomic mass is 19.4. The molecule has 1 aliphatic rings. The zero-order valence-electron chi connectivity index (χ0n) is 11.1. The van der Waals surface area contributed by atoms with Gasteiger partial charge in [0.25, 0.3) is 0 Å². The summed E-state index contributed by atoms with van der Waals surface area (Å²) in [6.45, 7) is 2.52. The van der Waals surface area contributed by atoms with Gasteiger partial charge in [-0.05, 0) is 25.1 Å². The van der Waals surface area contributed by atoms with Crippen molar-refractivity contribution in [2.75, 3.05) is 18.5 Å². The van der Waals surface area contributed by atoms with Crippen molar-refractivity contribution in [3.05, 3.63) is 29.6 Å². The Hall–Kier alpha value is -1.67. The van der Waals surface area contributed by atoms with Crippen LogP contribution in [0.2, 0.25) is 0 Å². The number of hydrogen-bond acceptors (Lipinski definition) is 3. The summed E-state index contributed by atoms with van der Waals surface area (Å²) in [6.07, 6.45) is -5.06. The van der Waals surface area contributed by atoms with Gasteiger partial charge in [-0.2, -0.15) is 13.2 Å². The van der Waals surface area contributed by atoms with Crippen molar-refractivity contribution in [3.8, 4) is 0 Å². The van der Waals surface area contributed by atoms with E-state index in [4.69, 9.17) is 4.74 Å². The zero-order valence-corrected chi connectivity index (χ0v) is 11.1. The molecule has 1 aliphatic heterocycles. The molecule has 0 bridgehead atoms. The molecule has 2 rings (SSSR count). The van der Waals surface area contributed by atoms with E-state index in [0.29, 0.717) is 31.4 Å². The molecule has 21 heavy (non-hydrogen) atoms. The normalized spacial score (nSPS) is 22.9. The monoisotopic (exact) mass is 306 g/mol. The number of ether oxygens (including phenoxy) is 1. The van der Waals surface area contributed by atoms with Gasteiger partial charge in [-0.1, -0.05) is 0 Å². The largest absolute Gasteiger partial charge is 0.416 e. The van der Waals surface area contributed by atoms with Crippen LogP contribution in [-0.2, 0) is 15.7 Å². The van der Waals surface area contributed by atoms with Crippen LogP contribution < -0.4 is 10.6 Å². The number of alkyl halides is 3. The first-order chi connectivity index (χ1) is 9.79. The van der Waals surface area contributed by atoms with E-state index >= 15 is 0 Å². The minimum absolute atomic E-state index is 0.433. The third-order valence-corrected chi connectivity index (χ3v) is 3.15. The van der Waals surface area contributed by atoms with Crippen molar-refractivity contribution in [2.24, 2.45) is 0 Å². The molecule has 0 aliphatic carbocycles. The standard InChI is InChI=1S/C13H14F4N2O2/c1-7-11(18-4-5-21-7)12(20)19-10-6-8(13(15,16)17)2-3-9(10)14/h2-3,6-7,11,18H,4-5H2,1H3,(H,19,20)/t7-,11+/m1/s1. The summed E-state index contributed by atoms with van der Waals surface area (Å²) in [5, 5.41) is 5.04. The van der Waals surface area contributed by atoms with Gasteiger partial charge >= 0.3 is 6.18 Å². The lowest BCUT2D eigenvalue weighted by molar-refractivity contribution is -0.137. The lowest BCUT2D eigenvalue weighted by atomic mass is 10.1. The Kier molecular flexibility index (Phi) is 4.48. The van der Waals surface area contributed by atoms with Crippen LogP contribution >= 0.6 is 0 Å². The third-order valence-electron chi connectivity index (χ3n) is 3.15. The van der Waals surface area contributed by atoms with E-state index in [0.717, 1.165) is 0 Å². The van der Waals surface area contributed by atoms with Crippen LogP contribution in [0.1, 0.15) is 12.5 Å². The summed E-state index contributed by atoms with van der Waals surface area (Å²) < 4.78 is 56.6. The minimum atomic E-state index is -4.60. The second kappa shape index (κ2) is 5.98. The third kappa shape index (κ3) is 3.70. The number of nitrogens with one attached hydrogen (secondary N) is 2. The molecule has 0 unspecified atom stereocenters. The summed E-state index contributed by atoms with van der Waals surface area (Å²) in [6, 6.07) is 1.12. The van der Waals surface area contributed by atoms with Crippen LogP contribution in [0.15, 0.2) is 18.2 Å². The Morgan fingerprint density at radius 2 is 2.14 bits per heavy atom. The number of halogens is 4. The van der Waals surface area contributed by atoms with E-state index in [9.17, 15) is 22.4 Å².